The van der Waals surface area contributed by atoms with Gasteiger partial charge in [-0.2, -0.15) is 0 Å². The molecular formula is C21H29N5O2. The van der Waals surface area contributed by atoms with E-state index in [1.165, 1.54) is 5.56 Å². The van der Waals surface area contributed by atoms with E-state index in [4.69, 9.17) is 4.74 Å². The van der Waals surface area contributed by atoms with E-state index in [2.05, 4.69) is 52.5 Å². The first-order valence-corrected chi connectivity index (χ1v) is 10.3. The first-order chi connectivity index (χ1) is 13.7. The second-order valence-corrected chi connectivity index (χ2v) is 7.83. The van der Waals surface area contributed by atoms with Crippen molar-refractivity contribution in [3.8, 4) is 0 Å². The van der Waals surface area contributed by atoms with E-state index in [0.717, 1.165) is 32.5 Å². The average molecular weight is 383 g/mol. The Hall–Kier alpha value is -2.25. The van der Waals surface area contributed by atoms with Gasteiger partial charge in [0.05, 0.1) is 25.5 Å². The first kappa shape index (κ1) is 19.1. The van der Waals surface area contributed by atoms with Crippen LogP contribution in [0, 0.1) is 0 Å². The van der Waals surface area contributed by atoms with Crippen LogP contribution in [-0.4, -0.2) is 76.6 Å². The lowest BCUT2D eigenvalue weighted by Crippen LogP contribution is -2.40. The van der Waals surface area contributed by atoms with Crippen molar-refractivity contribution < 1.29 is 9.53 Å². The molecule has 150 valence electrons. The molecule has 7 heteroatoms. The molecule has 2 fully saturated rings. The van der Waals surface area contributed by atoms with Crippen molar-refractivity contribution in [2.75, 3.05) is 45.9 Å². The minimum absolute atomic E-state index is 0.0383. The molecule has 4 rings (SSSR count). The molecular weight excluding hydrogens is 354 g/mol. The smallest absolute Gasteiger partial charge is 0.276 e. The first-order valence-electron chi connectivity index (χ1n) is 10.3. The lowest BCUT2D eigenvalue weighted by Gasteiger charge is -2.33. The lowest BCUT2D eigenvalue weighted by atomic mass is 9.98. The monoisotopic (exact) mass is 383 g/mol. The SMILES string of the molecule is C[C@@H](CN1CCC(n2cc(C(=O)N3CCOCC3)nn2)CC1)c1ccccc1. The normalized spacial score (nSPS) is 20.2. The molecule has 7 nitrogen and oxygen atoms in total. The molecule has 2 aliphatic rings. The molecule has 0 saturated carbocycles. The fraction of sp³-hybridized carbons (Fsp3) is 0.571. The van der Waals surface area contributed by atoms with Gasteiger partial charge in [-0.15, -0.1) is 5.10 Å². The number of morpholine rings is 1. The molecule has 28 heavy (non-hydrogen) atoms. The van der Waals surface area contributed by atoms with Gasteiger partial charge in [-0.1, -0.05) is 42.5 Å². The predicted octanol–water partition coefficient (Wildman–Crippen LogP) is 2.19. The highest BCUT2D eigenvalue weighted by Crippen LogP contribution is 2.24. The topological polar surface area (TPSA) is 63.5 Å². The van der Waals surface area contributed by atoms with Gasteiger partial charge in [0.1, 0.15) is 0 Å². The summed E-state index contributed by atoms with van der Waals surface area (Å²) in [5.74, 6) is 0.491. The molecule has 1 aromatic heterocycles. The zero-order valence-corrected chi connectivity index (χ0v) is 16.5. The van der Waals surface area contributed by atoms with E-state index in [1.807, 2.05) is 10.9 Å². The van der Waals surface area contributed by atoms with Gasteiger partial charge < -0.3 is 14.5 Å². The third-order valence-corrected chi connectivity index (χ3v) is 5.86. The van der Waals surface area contributed by atoms with E-state index in [-0.39, 0.29) is 5.91 Å². The second kappa shape index (κ2) is 8.84. The van der Waals surface area contributed by atoms with Crippen LogP contribution >= 0.6 is 0 Å². The Kier molecular flexibility index (Phi) is 6.02. The summed E-state index contributed by atoms with van der Waals surface area (Å²) in [6.45, 7) is 7.92. The Balaban J connectivity index is 1.29. The van der Waals surface area contributed by atoms with Gasteiger partial charge in [-0.25, -0.2) is 4.68 Å². The van der Waals surface area contributed by atoms with Crippen molar-refractivity contribution in [3.05, 3.63) is 47.8 Å². The quantitative estimate of drug-likeness (QED) is 0.792. The number of piperidine rings is 1. The van der Waals surface area contributed by atoms with Crippen LogP contribution in [0.4, 0.5) is 0 Å². The van der Waals surface area contributed by atoms with Crippen LogP contribution in [0.3, 0.4) is 0 Å². The van der Waals surface area contributed by atoms with Gasteiger partial charge >= 0.3 is 0 Å². The van der Waals surface area contributed by atoms with Crippen LogP contribution in [-0.2, 0) is 4.74 Å². The van der Waals surface area contributed by atoms with Gasteiger partial charge in [-0.05, 0) is 24.3 Å². The van der Waals surface area contributed by atoms with E-state index in [9.17, 15) is 4.79 Å². The summed E-state index contributed by atoms with van der Waals surface area (Å²) >= 11 is 0. The third-order valence-electron chi connectivity index (χ3n) is 5.86. The van der Waals surface area contributed by atoms with Crippen LogP contribution in [0.2, 0.25) is 0 Å². The Labute approximate surface area is 166 Å². The molecule has 0 spiro atoms. The van der Waals surface area contributed by atoms with Gasteiger partial charge in [0.2, 0.25) is 0 Å². The van der Waals surface area contributed by atoms with E-state index in [1.54, 1.807) is 4.90 Å². The summed E-state index contributed by atoms with van der Waals surface area (Å²) in [7, 11) is 0. The molecule has 1 atom stereocenters. The van der Waals surface area contributed by atoms with E-state index < -0.39 is 0 Å². The summed E-state index contributed by atoms with van der Waals surface area (Å²) in [6, 6.07) is 11.0. The summed E-state index contributed by atoms with van der Waals surface area (Å²) in [6.07, 6.45) is 3.90. The Morgan fingerprint density at radius 1 is 1.14 bits per heavy atom. The fourth-order valence-electron chi connectivity index (χ4n) is 4.12. The van der Waals surface area contributed by atoms with E-state index in [0.29, 0.717) is 44.0 Å². The van der Waals surface area contributed by atoms with Crippen molar-refractivity contribution in [1.29, 1.82) is 0 Å². The number of rotatable bonds is 5. The molecule has 2 aliphatic heterocycles. The highest BCUT2D eigenvalue weighted by molar-refractivity contribution is 5.92. The highest BCUT2D eigenvalue weighted by Gasteiger charge is 2.25. The molecule has 0 unspecified atom stereocenters. The average Bonchev–Trinajstić information content (AvgIpc) is 3.25. The standard InChI is InChI=1S/C21H29N5O2/c1-17(18-5-3-2-4-6-18)15-24-9-7-19(8-10-24)26-16-20(22-23-26)21(27)25-11-13-28-14-12-25/h2-6,16-17,19H,7-15H2,1H3/t17-/m0/s1. The summed E-state index contributed by atoms with van der Waals surface area (Å²) < 4.78 is 7.21. The van der Waals surface area contributed by atoms with Crippen molar-refractivity contribution >= 4 is 5.91 Å². The number of ether oxygens (including phenoxy) is 1. The second-order valence-electron chi connectivity index (χ2n) is 7.83. The van der Waals surface area contributed by atoms with Crippen molar-refractivity contribution in [2.45, 2.75) is 31.7 Å². The summed E-state index contributed by atoms with van der Waals surface area (Å²) in [4.78, 5) is 16.9. The van der Waals surface area contributed by atoms with Gasteiger partial charge in [0, 0.05) is 32.7 Å². The number of aromatic nitrogens is 3. The molecule has 3 heterocycles. The van der Waals surface area contributed by atoms with Gasteiger partial charge in [0.15, 0.2) is 5.69 Å². The van der Waals surface area contributed by atoms with Crippen LogP contribution in [0.5, 0.6) is 0 Å². The highest BCUT2D eigenvalue weighted by atomic mass is 16.5. The molecule has 0 radical (unpaired) electrons. The number of hydrogen-bond donors (Lipinski definition) is 0. The number of amides is 1. The number of carbonyl (C=O) groups is 1. The maximum absolute atomic E-state index is 12.6. The third kappa shape index (κ3) is 4.42. The molecule has 0 aliphatic carbocycles. The maximum atomic E-state index is 12.6. The van der Waals surface area contributed by atoms with E-state index >= 15 is 0 Å². The lowest BCUT2D eigenvalue weighted by molar-refractivity contribution is 0.0299. The van der Waals surface area contributed by atoms with Gasteiger partial charge in [-0.3, -0.25) is 4.79 Å². The minimum Gasteiger partial charge on any atom is -0.378 e. The zero-order chi connectivity index (χ0) is 19.3. The van der Waals surface area contributed by atoms with Crippen LogP contribution in [0.1, 0.15) is 47.8 Å². The number of likely N-dealkylation sites (tertiary alicyclic amines) is 1. The Morgan fingerprint density at radius 2 is 1.86 bits per heavy atom. The van der Waals surface area contributed by atoms with Crippen LogP contribution in [0.15, 0.2) is 36.5 Å². The Morgan fingerprint density at radius 3 is 2.57 bits per heavy atom. The number of hydrogen-bond acceptors (Lipinski definition) is 5. The van der Waals surface area contributed by atoms with Crippen molar-refractivity contribution in [3.63, 3.8) is 0 Å². The van der Waals surface area contributed by atoms with Gasteiger partial charge in [0.25, 0.3) is 5.91 Å². The summed E-state index contributed by atoms with van der Waals surface area (Å²) in [5.41, 5.74) is 1.84. The van der Waals surface area contributed by atoms with Crippen LogP contribution < -0.4 is 0 Å². The van der Waals surface area contributed by atoms with Crippen molar-refractivity contribution in [1.82, 2.24) is 24.8 Å². The zero-order valence-electron chi connectivity index (χ0n) is 16.5. The molecule has 0 N–H and O–H groups in total. The predicted molar refractivity (Wildman–Crippen MR) is 106 cm³/mol. The van der Waals surface area contributed by atoms with Crippen LogP contribution in [0.25, 0.3) is 0 Å². The largest absolute Gasteiger partial charge is 0.378 e. The molecule has 2 aromatic rings. The maximum Gasteiger partial charge on any atom is 0.276 e. The minimum atomic E-state index is -0.0383. The number of benzene rings is 1. The summed E-state index contributed by atoms with van der Waals surface area (Å²) in [5, 5.41) is 8.40. The molecule has 0 bridgehead atoms. The Bertz CT molecular complexity index is 764. The number of carbonyl (C=O) groups excluding carboxylic acids is 1. The van der Waals surface area contributed by atoms with Crippen molar-refractivity contribution in [2.24, 2.45) is 0 Å². The molecule has 1 amide bonds. The molecule has 1 aromatic carbocycles. The number of nitrogens with zero attached hydrogens (tertiary/aromatic N) is 5. The fourth-order valence-corrected chi connectivity index (χ4v) is 4.12. The molecule has 2 saturated heterocycles.